The number of imidazole rings is 1. The van der Waals surface area contributed by atoms with E-state index in [1.807, 2.05) is 17.7 Å². The largest absolute Gasteiger partial charge is 0.334 e. The van der Waals surface area contributed by atoms with Crippen molar-refractivity contribution in [3.05, 3.63) is 18.2 Å². The smallest absolute Gasteiger partial charge is 0.137 e. The molecule has 0 saturated heterocycles. The monoisotopic (exact) mass is 189 g/mol. The minimum Gasteiger partial charge on any atom is -0.334 e. The number of Topliss-reactive ketones (excluding diaryl/α,β-unsaturated/α-hetero) is 1. The Labute approximate surface area is 82.2 Å². The average molecular weight is 189 g/mol. The summed E-state index contributed by atoms with van der Waals surface area (Å²) in [6.07, 6.45) is 4.17. The van der Waals surface area contributed by atoms with Crippen LogP contribution in [-0.2, 0) is 16.8 Å². The van der Waals surface area contributed by atoms with Crippen LogP contribution in [0.3, 0.4) is 0 Å². The van der Waals surface area contributed by atoms with Crippen molar-refractivity contribution in [1.82, 2.24) is 9.55 Å². The number of carbonyl (C=O) groups is 1. The van der Waals surface area contributed by atoms with E-state index in [1.165, 1.54) is 0 Å². The van der Waals surface area contributed by atoms with E-state index in [-0.39, 0.29) is 5.78 Å². The Morgan fingerprint density at radius 3 is 2.93 bits per heavy atom. The van der Waals surface area contributed by atoms with Crippen LogP contribution in [0.1, 0.15) is 25.6 Å². The second-order valence-electron chi connectivity index (χ2n) is 3.62. The Balaban J connectivity index is 2.39. The number of rotatable bonds is 2. The van der Waals surface area contributed by atoms with Gasteiger partial charge in [0.1, 0.15) is 17.0 Å². The molecule has 1 fully saturated rings. The molecule has 1 aliphatic carbocycles. The van der Waals surface area contributed by atoms with Crippen LogP contribution >= 0.6 is 0 Å². The quantitative estimate of drug-likeness (QED) is 0.698. The minimum atomic E-state index is -0.642. The summed E-state index contributed by atoms with van der Waals surface area (Å²) in [7, 11) is 0. The van der Waals surface area contributed by atoms with Gasteiger partial charge in [0, 0.05) is 31.8 Å². The Morgan fingerprint density at radius 2 is 2.43 bits per heavy atom. The number of aryl methyl sites for hydroxylation is 1. The molecule has 1 heterocycles. The van der Waals surface area contributed by atoms with Crippen LogP contribution in [0.5, 0.6) is 0 Å². The van der Waals surface area contributed by atoms with Crippen LogP contribution in [0.25, 0.3) is 0 Å². The topological polar surface area (TPSA) is 58.7 Å². The lowest BCUT2D eigenvalue weighted by molar-refractivity contribution is -0.126. The van der Waals surface area contributed by atoms with E-state index < -0.39 is 5.41 Å². The van der Waals surface area contributed by atoms with Gasteiger partial charge in [0.2, 0.25) is 0 Å². The molecule has 1 saturated carbocycles. The van der Waals surface area contributed by atoms with Crippen LogP contribution in [-0.4, -0.2) is 15.3 Å². The fourth-order valence-electron chi connectivity index (χ4n) is 1.89. The Morgan fingerprint density at radius 1 is 1.71 bits per heavy atom. The predicted molar refractivity (Wildman–Crippen MR) is 49.4 cm³/mol. The fraction of sp³-hybridized carbons (Fsp3) is 0.500. The molecular weight excluding hydrogens is 178 g/mol. The van der Waals surface area contributed by atoms with Gasteiger partial charge < -0.3 is 4.57 Å². The molecule has 1 aromatic rings. The third kappa shape index (κ3) is 1.06. The number of ketones is 1. The maximum Gasteiger partial charge on any atom is 0.137 e. The first-order valence-electron chi connectivity index (χ1n) is 4.66. The van der Waals surface area contributed by atoms with Gasteiger partial charge >= 0.3 is 0 Å². The van der Waals surface area contributed by atoms with Gasteiger partial charge in [0.15, 0.2) is 0 Å². The van der Waals surface area contributed by atoms with E-state index in [1.54, 1.807) is 6.20 Å². The first kappa shape index (κ1) is 8.95. The van der Waals surface area contributed by atoms with Crippen molar-refractivity contribution in [2.45, 2.75) is 31.7 Å². The van der Waals surface area contributed by atoms with Crippen molar-refractivity contribution in [3.8, 4) is 6.07 Å². The van der Waals surface area contributed by atoms with Gasteiger partial charge in [-0.1, -0.05) is 0 Å². The second kappa shape index (κ2) is 2.95. The van der Waals surface area contributed by atoms with Gasteiger partial charge in [-0.25, -0.2) is 4.98 Å². The highest BCUT2D eigenvalue weighted by Crippen LogP contribution is 2.39. The van der Waals surface area contributed by atoms with Crippen LogP contribution < -0.4 is 0 Å². The molecule has 1 aliphatic rings. The molecular formula is C10H11N3O. The molecule has 0 aliphatic heterocycles. The molecule has 0 radical (unpaired) electrons. The molecule has 0 bridgehead atoms. The summed E-state index contributed by atoms with van der Waals surface area (Å²) >= 11 is 0. The van der Waals surface area contributed by atoms with E-state index >= 15 is 0 Å². The maximum atomic E-state index is 11.0. The van der Waals surface area contributed by atoms with Crippen molar-refractivity contribution in [2.75, 3.05) is 0 Å². The maximum absolute atomic E-state index is 11.0. The van der Waals surface area contributed by atoms with Crippen LogP contribution in [0.15, 0.2) is 12.4 Å². The third-order valence-corrected chi connectivity index (χ3v) is 2.70. The van der Waals surface area contributed by atoms with Crippen molar-refractivity contribution >= 4 is 5.78 Å². The Bertz CT molecular complexity index is 405. The van der Waals surface area contributed by atoms with E-state index in [2.05, 4.69) is 11.1 Å². The standard InChI is InChI=1S/C10H11N3O/c1-2-13-4-3-12-9(13)10(7-11)5-8(14)6-10/h3-4H,2,5-6H2,1H3. The average Bonchev–Trinajstić information content (AvgIpc) is 2.60. The van der Waals surface area contributed by atoms with Crippen molar-refractivity contribution < 1.29 is 4.79 Å². The highest BCUT2D eigenvalue weighted by molar-refractivity contribution is 5.89. The van der Waals surface area contributed by atoms with Crippen molar-refractivity contribution in [3.63, 3.8) is 0 Å². The number of nitriles is 1. The lowest BCUT2D eigenvalue weighted by atomic mass is 9.68. The van der Waals surface area contributed by atoms with Crippen LogP contribution in [0.4, 0.5) is 0 Å². The van der Waals surface area contributed by atoms with Gasteiger partial charge in [-0.05, 0) is 6.92 Å². The summed E-state index contributed by atoms with van der Waals surface area (Å²) in [5.74, 6) is 0.888. The molecule has 72 valence electrons. The third-order valence-electron chi connectivity index (χ3n) is 2.70. The van der Waals surface area contributed by atoms with Crippen LogP contribution in [0.2, 0.25) is 0 Å². The number of aromatic nitrogens is 2. The molecule has 0 amide bonds. The lowest BCUT2D eigenvalue weighted by Crippen LogP contribution is -2.42. The number of hydrogen-bond acceptors (Lipinski definition) is 3. The van der Waals surface area contributed by atoms with Gasteiger partial charge in [-0.15, -0.1) is 0 Å². The molecule has 4 nitrogen and oxygen atoms in total. The summed E-state index contributed by atoms with van der Waals surface area (Å²) in [6.45, 7) is 2.78. The molecule has 14 heavy (non-hydrogen) atoms. The first-order valence-corrected chi connectivity index (χ1v) is 4.66. The number of hydrogen-bond donors (Lipinski definition) is 0. The molecule has 0 N–H and O–H groups in total. The molecule has 4 heteroatoms. The zero-order valence-corrected chi connectivity index (χ0v) is 8.03. The first-order chi connectivity index (χ1) is 6.72. The summed E-state index contributed by atoms with van der Waals surface area (Å²) in [5.41, 5.74) is -0.642. The number of carbonyl (C=O) groups excluding carboxylic acids is 1. The molecule has 1 aromatic heterocycles. The zero-order chi connectivity index (χ0) is 10.2. The van der Waals surface area contributed by atoms with E-state index in [4.69, 9.17) is 5.26 Å². The molecule has 0 aromatic carbocycles. The van der Waals surface area contributed by atoms with E-state index in [0.29, 0.717) is 12.8 Å². The molecule has 2 rings (SSSR count). The lowest BCUT2D eigenvalue weighted by Gasteiger charge is -2.33. The predicted octanol–water partition coefficient (Wildman–Crippen LogP) is 1.03. The summed E-state index contributed by atoms with van der Waals surface area (Å²) in [5, 5.41) is 9.09. The van der Waals surface area contributed by atoms with Crippen molar-refractivity contribution in [1.29, 1.82) is 5.26 Å². The highest BCUT2D eigenvalue weighted by Gasteiger charge is 2.48. The molecule has 0 unspecified atom stereocenters. The normalized spacial score (nSPS) is 18.7. The molecule has 0 atom stereocenters. The van der Waals surface area contributed by atoms with Gasteiger partial charge in [-0.2, -0.15) is 5.26 Å². The highest BCUT2D eigenvalue weighted by atomic mass is 16.1. The number of nitrogens with zero attached hydrogens (tertiary/aromatic N) is 3. The van der Waals surface area contributed by atoms with E-state index in [9.17, 15) is 4.79 Å². The van der Waals surface area contributed by atoms with Gasteiger partial charge in [-0.3, -0.25) is 4.79 Å². The van der Waals surface area contributed by atoms with Gasteiger partial charge in [0.05, 0.1) is 6.07 Å². The Kier molecular flexibility index (Phi) is 1.88. The van der Waals surface area contributed by atoms with Crippen molar-refractivity contribution in [2.24, 2.45) is 0 Å². The minimum absolute atomic E-state index is 0.150. The second-order valence-corrected chi connectivity index (χ2v) is 3.62. The van der Waals surface area contributed by atoms with Gasteiger partial charge in [0.25, 0.3) is 0 Å². The van der Waals surface area contributed by atoms with E-state index in [0.717, 1.165) is 12.4 Å². The summed E-state index contributed by atoms with van der Waals surface area (Å²) < 4.78 is 1.93. The summed E-state index contributed by atoms with van der Waals surface area (Å²) in [6, 6.07) is 2.22. The fourth-order valence-corrected chi connectivity index (χ4v) is 1.89. The summed E-state index contributed by atoms with van der Waals surface area (Å²) in [4.78, 5) is 15.2. The van der Waals surface area contributed by atoms with Crippen LogP contribution in [0, 0.1) is 11.3 Å². The molecule has 0 spiro atoms. The SMILES string of the molecule is CCn1ccnc1C1(C#N)CC(=O)C1. The Hall–Kier alpha value is -1.63. The zero-order valence-electron chi connectivity index (χ0n) is 8.03.